The van der Waals surface area contributed by atoms with Gasteiger partial charge in [0.1, 0.15) is 68.6 Å². The molecule has 0 amide bonds. The Kier molecular flexibility index (Phi) is 25.2. The van der Waals surface area contributed by atoms with Gasteiger partial charge in [-0.15, -0.1) is 0 Å². The Hall–Kier alpha value is -10.5. The number of rotatable bonds is 21. The number of likely N-dealkylation sites (tertiary alicyclic amines) is 3. The molecule has 15 rings (SSSR count). The number of piperidine rings is 3. The van der Waals surface area contributed by atoms with Crippen LogP contribution in [0.4, 0.5) is 61.6 Å². The van der Waals surface area contributed by atoms with Gasteiger partial charge in [-0.3, -0.25) is 0 Å². The summed E-state index contributed by atoms with van der Waals surface area (Å²) in [5.74, 6) is 1.06. The number of imidazole rings is 3. The lowest BCUT2D eigenvalue weighted by molar-refractivity contribution is 0.151. The van der Waals surface area contributed by atoms with E-state index >= 15 is 0 Å². The van der Waals surface area contributed by atoms with Crippen molar-refractivity contribution in [2.75, 3.05) is 74.9 Å². The van der Waals surface area contributed by atoms with Crippen LogP contribution >= 0.6 is 0 Å². The molecule has 3 aliphatic heterocycles. The van der Waals surface area contributed by atoms with Crippen LogP contribution in [0.1, 0.15) is 192 Å². The first-order valence-electron chi connectivity index (χ1n) is 40.6. The first kappa shape index (κ1) is 84.4. The maximum Gasteiger partial charge on any atom is 0.229 e. The van der Waals surface area contributed by atoms with E-state index in [1.54, 1.807) is 18.2 Å². The number of hydrogen-bond donors (Lipinski definition) is 6. The zero-order valence-electron chi connectivity index (χ0n) is 69.5. The predicted molar refractivity (Wildman–Crippen MR) is 450 cm³/mol. The van der Waals surface area contributed by atoms with Crippen LogP contribution in [0.2, 0.25) is 0 Å². The largest absolute Gasteiger partial charge is 0.326 e. The van der Waals surface area contributed by atoms with Crippen LogP contribution in [0.5, 0.6) is 0 Å². The number of anilines is 6. The summed E-state index contributed by atoms with van der Waals surface area (Å²) in [6, 6.07) is 20.7. The maximum absolute atomic E-state index is 15.0. The lowest BCUT2D eigenvalue weighted by Gasteiger charge is -2.43. The third-order valence-corrected chi connectivity index (χ3v) is 24.2. The van der Waals surface area contributed by atoms with Crippen LogP contribution in [0.3, 0.4) is 0 Å². The molecule has 1 unspecified atom stereocenters. The average Bonchev–Trinajstić information content (AvgIpc) is 1.64. The molecule has 0 saturated carbocycles. The summed E-state index contributed by atoms with van der Waals surface area (Å²) in [6.07, 6.45) is 14.3. The monoisotopic (exact) mass is 1600 g/mol. The zero-order valence-corrected chi connectivity index (χ0v) is 69.5. The van der Waals surface area contributed by atoms with Crippen LogP contribution in [0, 0.1) is 55.7 Å². The fourth-order valence-corrected chi connectivity index (χ4v) is 16.8. The molecule has 3 aromatic carbocycles. The van der Waals surface area contributed by atoms with Crippen molar-refractivity contribution in [2.45, 2.75) is 195 Å². The summed E-state index contributed by atoms with van der Waals surface area (Å²) in [5.41, 5.74) is 26.3. The number of aryl methyl sites for hydroxylation is 3. The van der Waals surface area contributed by atoms with Gasteiger partial charge in [0, 0.05) is 87.8 Å². The zero-order chi connectivity index (χ0) is 83.7. The van der Waals surface area contributed by atoms with Crippen LogP contribution in [-0.2, 0) is 0 Å². The number of nitrogens with zero attached hydrogens (tertiary/aromatic N) is 18. The van der Waals surface area contributed by atoms with Gasteiger partial charge in [0.05, 0.1) is 35.1 Å². The van der Waals surface area contributed by atoms with E-state index in [9.17, 15) is 26.3 Å². The molecular weight excluding hydrogens is 1500 g/mol. The third kappa shape index (κ3) is 18.0. The van der Waals surface area contributed by atoms with Gasteiger partial charge in [-0.1, -0.05) is 59.7 Å². The molecule has 117 heavy (non-hydrogen) atoms. The van der Waals surface area contributed by atoms with Crippen molar-refractivity contribution in [3.63, 3.8) is 0 Å². The Balaban J connectivity index is 0.000000152. The molecule has 3 atom stereocenters. The summed E-state index contributed by atoms with van der Waals surface area (Å²) in [4.78, 5) is 59.3. The molecule has 618 valence electrons. The molecule has 3 saturated heterocycles. The number of nitrogens with two attached hydrogens (primary N) is 3. The first-order valence-corrected chi connectivity index (χ1v) is 40.6. The molecule has 12 aromatic rings. The second kappa shape index (κ2) is 35.0. The smallest absolute Gasteiger partial charge is 0.229 e. The Labute approximate surface area is 679 Å². The van der Waals surface area contributed by atoms with E-state index in [4.69, 9.17) is 17.2 Å². The molecule has 3 aliphatic rings. The Morgan fingerprint density at radius 1 is 0.342 bits per heavy atom. The van der Waals surface area contributed by atoms with Gasteiger partial charge in [-0.2, -0.15) is 0 Å². The fourth-order valence-electron chi connectivity index (χ4n) is 16.8. The third-order valence-electron chi connectivity index (χ3n) is 24.2. The number of benzene rings is 3. The average molecular weight is 1600 g/mol. The van der Waals surface area contributed by atoms with Crippen molar-refractivity contribution in [3.8, 4) is 33.8 Å². The summed E-state index contributed by atoms with van der Waals surface area (Å²) < 4.78 is 95.3. The molecule has 0 aliphatic carbocycles. The van der Waals surface area contributed by atoms with Crippen LogP contribution < -0.4 is 33.2 Å². The molecular formula is C87H108F6N24. The normalized spacial score (nSPS) is 16.6. The lowest BCUT2D eigenvalue weighted by Crippen LogP contribution is -2.53. The number of halogens is 6. The van der Waals surface area contributed by atoms with Gasteiger partial charge >= 0.3 is 0 Å². The second-order valence-electron chi connectivity index (χ2n) is 32.5. The Morgan fingerprint density at radius 3 is 0.803 bits per heavy atom. The molecule has 12 heterocycles. The van der Waals surface area contributed by atoms with E-state index in [2.05, 4.69) is 132 Å². The molecule has 24 nitrogen and oxygen atoms in total. The maximum atomic E-state index is 15.0. The standard InChI is InChI=1S/3C29H36F2N8/c3*1-6-38-11-9-29(32,10-12-38)18(4)20-7-8-25(33-15-20)36-28-34-16-23(31)26(37-28)21-13-22(30)27-24(14-21)39(17(2)3)19(5)35-27/h3*7-8,13-18H,6,9-12,32H2,1-5H3,(H,33,34,36,37)/t2*18-;/m10./s1. The van der Waals surface area contributed by atoms with E-state index in [0.717, 1.165) is 133 Å². The quantitative estimate of drug-likeness (QED) is 0.0364. The Bertz CT molecular complexity index is 4950. The highest BCUT2D eigenvalue weighted by Crippen LogP contribution is 2.41. The van der Waals surface area contributed by atoms with Gasteiger partial charge < -0.3 is 61.6 Å². The van der Waals surface area contributed by atoms with E-state index < -0.39 is 34.9 Å². The van der Waals surface area contributed by atoms with Crippen LogP contribution in [0.25, 0.3) is 66.9 Å². The minimum absolute atomic E-state index is 0.00352. The first-order chi connectivity index (χ1) is 55.8. The van der Waals surface area contributed by atoms with Crippen molar-refractivity contribution in [1.82, 2.24) is 88.2 Å². The summed E-state index contributed by atoms with van der Waals surface area (Å²) in [7, 11) is 0. The van der Waals surface area contributed by atoms with Crippen molar-refractivity contribution < 1.29 is 26.3 Å². The number of nitrogens with one attached hydrogen (secondary N) is 3. The van der Waals surface area contributed by atoms with E-state index in [-0.39, 0.29) is 104 Å². The Morgan fingerprint density at radius 2 is 0.590 bits per heavy atom. The number of fused-ring (bicyclic) bond motifs is 3. The number of hydrogen-bond acceptors (Lipinski definition) is 21. The summed E-state index contributed by atoms with van der Waals surface area (Å²) in [6.45, 7) is 39.6. The lowest BCUT2D eigenvalue weighted by atomic mass is 9.75. The molecule has 3 fully saturated rings. The highest BCUT2D eigenvalue weighted by atomic mass is 19.1. The van der Waals surface area contributed by atoms with E-state index in [0.29, 0.717) is 68.2 Å². The van der Waals surface area contributed by atoms with Crippen molar-refractivity contribution in [3.05, 3.63) is 179 Å². The summed E-state index contributed by atoms with van der Waals surface area (Å²) in [5, 5.41) is 9.14. The van der Waals surface area contributed by atoms with Gasteiger partial charge in [-0.25, -0.2) is 86.2 Å². The van der Waals surface area contributed by atoms with Crippen molar-refractivity contribution >= 4 is 68.4 Å². The summed E-state index contributed by atoms with van der Waals surface area (Å²) >= 11 is 0. The molecule has 9 N–H and O–H groups in total. The molecule has 9 aromatic heterocycles. The topological polar surface area (TPSA) is 293 Å². The van der Waals surface area contributed by atoms with E-state index in [1.165, 1.54) is 18.2 Å². The molecule has 0 bridgehead atoms. The van der Waals surface area contributed by atoms with Gasteiger partial charge in [-0.05, 0) is 231 Å². The minimum Gasteiger partial charge on any atom is -0.326 e. The van der Waals surface area contributed by atoms with Crippen LogP contribution in [-0.4, -0.2) is 164 Å². The SMILES string of the molecule is CCN1CCC(N)(C(C)c2ccc(Nc3ncc(F)c(-c4cc(F)c5nc(C)n(C(C)C)c5c4)n3)nc2)CC1.CCN1CCC(N)([C@@H](C)c2ccc(Nc3ncc(F)c(-c4cc(F)c5nc(C)n(C(C)C)c5c4)n3)nc2)CC1.CCN1CCC(N)([C@H](C)c2ccc(Nc3ncc(F)c(-c4cc(F)c5nc(C)n(C(C)C)c5c4)n3)nc2)CC1. The number of pyridine rings is 3. The fraction of sp³-hybridized carbons (Fsp3) is 0.448. The van der Waals surface area contributed by atoms with Crippen molar-refractivity contribution in [2.24, 2.45) is 17.2 Å². The number of aromatic nitrogens is 15. The second-order valence-corrected chi connectivity index (χ2v) is 32.5. The molecule has 0 radical (unpaired) electrons. The molecule has 0 spiro atoms. The van der Waals surface area contributed by atoms with Crippen molar-refractivity contribution in [1.29, 1.82) is 0 Å². The highest BCUT2D eigenvalue weighted by molar-refractivity contribution is 5.85. The highest BCUT2D eigenvalue weighted by Gasteiger charge is 2.39. The van der Waals surface area contributed by atoms with Gasteiger partial charge in [0.2, 0.25) is 17.8 Å². The molecule has 30 heteroatoms. The van der Waals surface area contributed by atoms with Gasteiger partial charge in [0.25, 0.3) is 0 Å². The van der Waals surface area contributed by atoms with Crippen LogP contribution in [0.15, 0.2) is 110 Å². The minimum atomic E-state index is -0.647. The van der Waals surface area contributed by atoms with Gasteiger partial charge in [0.15, 0.2) is 34.9 Å². The predicted octanol–water partition coefficient (Wildman–Crippen LogP) is 17.1. The van der Waals surface area contributed by atoms with E-state index in [1.807, 2.05) is 131 Å².